The Labute approximate surface area is 82.4 Å². The minimum atomic E-state index is -0.870. The summed E-state index contributed by atoms with van der Waals surface area (Å²) in [6, 6.07) is -0.317. The highest BCUT2D eigenvalue weighted by Gasteiger charge is 2.32. The van der Waals surface area contributed by atoms with E-state index in [0.717, 1.165) is 0 Å². The molecule has 2 rings (SSSR count). The highest BCUT2D eigenvalue weighted by molar-refractivity contribution is 5.82. The van der Waals surface area contributed by atoms with Crippen LogP contribution in [-0.2, 0) is 9.53 Å². The molecular weight excluding hydrogens is 187 g/mol. The van der Waals surface area contributed by atoms with E-state index in [1.165, 1.54) is 0 Å². The number of amides is 1. The number of ether oxygens (including phenoxy) is 1. The second-order valence-corrected chi connectivity index (χ2v) is 3.73. The number of carbonyl (C=O) groups is 1. The fraction of sp³-hybridized carbons (Fsp3) is 0.889. The number of alkyl halides is 1. The number of hydrogen-bond donors (Lipinski definition) is 1. The molecule has 0 radical (unpaired) electrons. The second-order valence-electron chi connectivity index (χ2n) is 3.73. The molecule has 0 aromatic rings. The third-order valence-corrected chi connectivity index (χ3v) is 2.70. The third kappa shape index (κ3) is 2.04. The molecule has 0 bridgehead atoms. The zero-order valence-corrected chi connectivity index (χ0v) is 8.04. The first-order chi connectivity index (χ1) is 6.77. The fourth-order valence-corrected chi connectivity index (χ4v) is 1.88. The van der Waals surface area contributed by atoms with Crippen molar-refractivity contribution in [1.29, 1.82) is 0 Å². The van der Waals surface area contributed by atoms with Gasteiger partial charge in [-0.2, -0.15) is 0 Å². The number of morpholine rings is 1. The molecule has 4 nitrogen and oxygen atoms in total. The van der Waals surface area contributed by atoms with Crippen LogP contribution in [0.2, 0.25) is 0 Å². The molecule has 2 fully saturated rings. The molecule has 5 heteroatoms. The minimum Gasteiger partial charge on any atom is -0.378 e. The Morgan fingerprint density at radius 1 is 1.43 bits per heavy atom. The van der Waals surface area contributed by atoms with Gasteiger partial charge in [0.25, 0.3) is 0 Å². The highest BCUT2D eigenvalue weighted by Crippen LogP contribution is 2.13. The maximum Gasteiger partial charge on any atom is 0.239 e. The van der Waals surface area contributed by atoms with E-state index >= 15 is 0 Å². The molecule has 0 saturated carbocycles. The van der Waals surface area contributed by atoms with Crippen LogP contribution in [-0.4, -0.2) is 55.9 Å². The maximum atomic E-state index is 12.8. The monoisotopic (exact) mass is 202 g/mol. The molecule has 0 unspecified atom stereocenters. The van der Waals surface area contributed by atoms with Crippen molar-refractivity contribution in [2.45, 2.75) is 18.6 Å². The first-order valence-electron chi connectivity index (χ1n) is 5.01. The Bertz CT molecular complexity index is 212. The molecular formula is C9H15FN2O2. The molecule has 0 aliphatic carbocycles. The third-order valence-electron chi connectivity index (χ3n) is 2.70. The molecule has 0 aromatic carbocycles. The van der Waals surface area contributed by atoms with E-state index in [-0.39, 0.29) is 11.9 Å². The van der Waals surface area contributed by atoms with Crippen molar-refractivity contribution < 1.29 is 13.9 Å². The Morgan fingerprint density at radius 3 is 2.71 bits per heavy atom. The van der Waals surface area contributed by atoms with Crippen LogP contribution in [0.1, 0.15) is 6.42 Å². The normalized spacial score (nSPS) is 33.4. The van der Waals surface area contributed by atoms with Crippen LogP contribution in [0.25, 0.3) is 0 Å². The molecule has 0 aromatic heterocycles. The van der Waals surface area contributed by atoms with Crippen LogP contribution in [0.4, 0.5) is 4.39 Å². The summed E-state index contributed by atoms with van der Waals surface area (Å²) in [5, 5.41) is 2.90. The van der Waals surface area contributed by atoms with Crippen molar-refractivity contribution in [2.24, 2.45) is 0 Å². The van der Waals surface area contributed by atoms with Gasteiger partial charge in [-0.05, 0) is 0 Å². The first kappa shape index (κ1) is 9.86. The van der Waals surface area contributed by atoms with E-state index in [4.69, 9.17) is 4.74 Å². The average molecular weight is 202 g/mol. The summed E-state index contributed by atoms with van der Waals surface area (Å²) in [6.45, 7) is 2.76. The number of rotatable bonds is 1. The molecule has 1 N–H and O–H groups in total. The van der Waals surface area contributed by atoms with E-state index in [1.54, 1.807) is 4.90 Å². The van der Waals surface area contributed by atoms with E-state index in [0.29, 0.717) is 39.3 Å². The van der Waals surface area contributed by atoms with Crippen LogP contribution >= 0.6 is 0 Å². The lowest BCUT2D eigenvalue weighted by Crippen LogP contribution is -2.48. The van der Waals surface area contributed by atoms with Gasteiger partial charge < -0.3 is 15.0 Å². The van der Waals surface area contributed by atoms with Crippen molar-refractivity contribution >= 4 is 5.91 Å². The number of nitrogens with one attached hydrogen (secondary N) is 1. The summed E-state index contributed by atoms with van der Waals surface area (Å²) in [5.74, 6) is 0.0217. The molecule has 2 saturated heterocycles. The number of nitrogens with zero attached hydrogens (tertiary/aromatic N) is 1. The van der Waals surface area contributed by atoms with Gasteiger partial charge >= 0.3 is 0 Å². The molecule has 2 aliphatic rings. The van der Waals surface area contributed by atoms with Crippen molar-refractivity contribution in [3.05, 3.63) is 0 Å². The summed E-state index contributed by atoms with van der Waals surface area (Å²) in [6.07, 6.45) is -0.555. The van der Waals surface area contributed by atoms with Gasteiger partial charge in [0.05, 0.1) is 19.3 Å². The topological polar surface area (TPSA) is 41.6 Å². The van der Waals surface area contributed by atoms with Gasteiger partial charge in [0.15, 0.2) is 0 Å². The highest BCUT2D eigenvalue weighted by atomic mass is 19.1. The minimum absolute atomic E-state index is 0.0217. The summed E-state index contributed by atoms with van der Waals surface area (Å²) >= 11 is 0. The van der Waals surface area contributed by atoms with Gasteiger partial charge in [-0.25, -0.2) is 4.39 Å². The van der Waals surface area contributed by atoms with Crippen molar-refractivity contribution in [3.8, 4) is 0 Å². The molecule has 0 spiro atoms. The smallest absolute Gasteiger partial charge is 0.239 e. The van der Waals surface area contributed by atoms with E-state index in [1.807, 2.05) is 0 Å². The van der Waals surface area contributed by atoms with Gasteiger partial charge in [0.1, 0.15) is 6.17 Å². The predicted octanol–water partition coefficient (Wildman–Crippen LogP) is -0.455. The molecule has 2 aliphatic heterocycles. The van der Waals surface area contributed by atoms with Crippen LogP contribution in [0.5, 0.6) is 0 Å². The molecule has 14 heavy (non-hydrogen) atoms. The van der Waals surface area contributed by atoms with Crippen molar-refractivity contribution in [2.75, 3.05) is 32.8 Å². The lowest BCUT2D eigenvalue weighted by Gasteiger charge is -2.29. The lowest BCUT2D eigenvalue weighted by molar-refractivity contribution is -0.137. The van der Waals surface area contributed by atoms with Crippen LogP contribution in [0.15, 0.2) is 0 Å². The number of hydrogen-bond acceptors (Lipinski definition) is 3. The summed E-state index contributed by atoms with van der Waals surface area (Å²) in [4.78, 5) is 13.5. The summed E-state index contributed by atoms with van der Waals surface area (Å²) in [5.41, 5.74) is 0. The van der Waals surface area contributed by atoms with Crippen LogP contribution in [0.3, 0.4) is 0 Å². The second kappa shape index (κ2) is 4.23. The summed E-state index contributed by atoms with van der Waals surface area (Å²) < 4.78 is 18.0. The molecule has 2 heterocycles. The maximum absolute atomic E-state index is 12.8. The largest absolute Gasteiger partial charge is 0.378 e. The van der Waals surface area contributed by atoms with E-state index < -0.39 is 6.17 Å². The quantitative estimate of drug-likeness (QED) is 0.626. The van der Waals surface area contributed by atoms with Gasteiger partial charge in [0.2, 0.25) is 5.91 Å². The lowest BCUT2D eigenvalue weighted by atomic mass is 10.2. The zero-order valence-electron chi connectivity index (χ0n) is 8.04. The Hall–Kier alpha value is -0.680. The zero-order chi connectivity index (χ0) is 9.97. The first-order valence-corrected chi connectivity index (χ1v) is 5.01. The van der Waals surface area contributed by atoms with Crippen molar-refractivity contribution in [3.63, 3.8) is 0 Å². The number of halogens is 1. The standard InChI is InChI=1S/C9H15FN2O2/c10-7-5-8(11-6-7)9(13)12-1-3-14-4-2-12/h7-8,11H,1-6H2/t7-,8-/m0/s1. The Kier molecular flexibility index (Phi) is 2.98. The van der Waals surface area contributed by atoms with Crippen molar-refractivity contribution in [1.82, 2.24) is 10.2 Å². The average Bonchev–Trinajstić information content (AvgIpc) is 2.65. The van der Waals surface area contributed by atoms with Gasteiger partial charge in [0, 0.05) is 26.1 Å². The Balaban J connectivity index is 1.87. The fourth-order valence-electron chi connectivity index (χ4n) is 1.88. The van der Waals surface area contributed by atoms with E-state index in [2.05, 4.69) is 5.32 Å². The molecule has 2 atom stereocenters. The summed E-state index contributed by atoms with van der Waals surface area (Å²) in [7, 11) is 0. The Morgan fingerprint density at radius 2 is 2.14 bits per heavy atom. The van der Waals surface area contributed by atoms with E-state index in [9.17, 15) is 9.18 Å². The van der Waals surface area contributed by atoms with Gasteiger partial charge in [-0.1, -0.05) is 0 Å². The number of carbonyl (C=O) groups excluding carboxylic acids is 1. The molecule has 80 valence electrons. The van der Waals surface area contributed by atoms with Crippen LogP contribution in [0, 0.1) is 0 Å². The van der Waals surface area contributed by atoms with Gasteiger partial charge in [-0.3, -0.25) is 4.79 Å². The molecule has 1 amide bonds. The van der Waals surface area contributed by atoms with Gasteiger partial charge in [-0.15, -0.1) is 0 Å². The predicted molar refractivity (Wildman–Crippen MR) is 48.7 cm³/mol. The SMILES string of the molecule is O=C([C@@H]1C[C@H](F)CN1)N1CCOCC1. The van der Waals surface area contributed by atoms with Crippen LogP contribution < -0.4 is 5.32 Å².